The molecule has 7 rings (SSSR count). The zero-order valence-corrected chi connectivity index (χ0v) is 26.9. The number of hydrogen-bond donors (Lipinski definition) is 3. The van der Waals surface area contributed by atoms with Gasteiger partial charge in [0.1, 0.15) is 12.1 Å². The van der Waals surface area contributed by atoms with E-state index in [1.807, 2.05) is 33.0 Å². The van der Waals surface area contributed by atoms with E-state index in [9.17, 15) is 19.5 Å². The Hall–Kier alpha value is -2.73. The summed E-state index contributed by atoms with van der Waals surface area (Å²) in [6.07, 6.45) is 4.49. The second-order valence-corrected chi connectivity index (χ2v) is 14.5. The van der Waals surface area contributed by atoms with Gasteiger partial charge in [-0.05, 0) is 77.3 Å². The molecule has 1 aromatic heterocycles. The number of carbonyl (C=O) groups excluding carboxylic acids is 3. The van der Waals surface area contributed by atoms with Crippen LogP contribution in [0.1, 0.15) is 58.1 Å². The molecular formula is C32H40BrN5O5. The van der Waals surface area contributed by atoms with Gasteiger partial charge in [-0.1, -0.05) is 45.9 Å². The Morgan fingerprint density at radius 1 is 1.26 bits per heavy atom. The second kappa shape index (κ2) is 9.89. The van der Waals surface area contributed by atoms with Crippen molar-refractivity contribution in [1.82, 2.24) is 25.0 Å². The molecule has 43 heavy (non-hydrogen) atoms. The summed E-state index contributed by atoms with van der Waals surface area (Å²) in [4.78, 5) is 50.8. The standard InChI is InChI=1S/C32H40BrN5O5/c1-16(2)12-24-29(40)37-11-7-10-25(37)32(42)38(24)30(41)31(43-32,17(3)4)35-28(39)18-13-20-19-8-6-9-22-26(19)21(27(33)34-22)14-23(20)36(5)15-18/h6,8-9,13,16-18,23-25,34,42H,7,10-12,14-15H2,1-5H3,(H,35,39)/t18-,23+,24?,25+,31-,32+/m1/s1. The van der Waals surface area contributed by atoms with E-state index in [2.05, 4.69) is 43.3 Å². The maximum atomic E-state index is 14.4. The molecule has 3 saturated heterocycles. The first-order valence-electron chi connectivity index (χ1n) is 15.5. The first-order chi connectivity index (χ1) is 20.4. The van der Waals surface area contributed by atoms with Crippen LogP contribution in [0, 0.1) is 17.8 Å². The molecule has 5 heterocycles. The Kier molecular flexibility index (Phi) is 6.67. The number of aromatic amines is 1. The first-order valence-corrected chi connectivity index (χ1v) is 16.3. The van der Waals surface area contributed by atoms with Gasteiger partial charge in [-0.15, -0.1) is 0 Å². The Bertz CT molecular complexity index is 1570. The smallest absolute Gasteiger partial charge is 0.281 e. The van der Waals surface area contributed by atoms with Gasteiger partial charge in [-0.3, -0.25) is 28.9 Å². The Morgan fingerprint density at radius 3 is 2.74 bits per heavy atom. The topological polar surface area (TPSA) is 118 Å². The van der Waals surface area contributed by atoms with E-state index in [0.29, 0.717) is 25.9 Å². The van der Waals surface area contributed by atoms with Crippen molar-refractivity contribution in [3.05, 3.63) is 40.0 Å². The largest absolute Gasteiger partial charge is 0.349 e. The summed E-state index contributed by atoms with van der Waals surface area (Å²) < 4.78 is 7.43. The van der Waals surface area contributed by atoms with Crippen molar-refractivity contribution < 1.29 is 24.2 Å². The van der Waals surface area contributed by atoms with Crippen LogP contribution in [0.25, 0.3) is 16.5 Å². The number of aliphatic hydroxyl groups is 1. The van der Waals surface area contributed by atoms with Gasteiger partial charge >= 0.3 is 0 Å². The van der Waals surface area contributed by atoms with Crippen molar-refractivity contribution in [3.63, 3.8) is 0 Å². The van der Waals surface area contributed by atoms with E-state index in [0.717, 1.165) is 34.1 Å². The molecule has 1 aliphatic carbocycles. The summed E-state index contributed by atoms with van der Waals surface area (Å²) in [5.41, 5.74) is 2.68. The lowest BCUT2D eigenvalue weighted by Crippen LogP contribution is -2.71. The maximum absolute atomic E-state index is 14.4. The summed E-state index contributed by atoms with van der Waals surface area (Å²) in [7, 11) is 2.03. The van der Waals surface area contributed by atoms with Crippen molar-refractivity contribution >= 4 is 50.1 Å². The quantitative estimate of drug-likeness (QED) is 0.456. The van der Waals surface area contributed by atoms with E-state index >= 15 is 0 Å². The van der Waals surface area contributed by atoms with Crippen molar-refractivity contribution in [2.45, 2.75) is 83.1 Å². The number of fused-ring (bicyclic) bond motifs is 5. The van der Waals surface area contributed by atoms with Gasteiger partial charge in [0.05, 0.1) is 10.5 Å². The number of rotatable bonds is 5. The lowest BCUT2D eigenvalue weighted by Gasteiger charge is -2.49. The average Bonchev–Trinajstić information content (AvgIpc) is 3.63. The fraction of sp³-hybridized carbons (Fsp3) is 0.594. The first kappa shape index (κ1) is 29.0. The number of amides is 3. The number of ether oxygens (including phenoxy) is 1. The third-order valence-electron chi connectivity index (χ3n) is 10.3. The van der Waals surface area contributed by atoms with Crippen LogP contribution in [0.3, 0.4) is 0 Å². The number of hydrogen-bond acceptors (Lipinski definition) is 6. The van der Waals surface area contributed by atoms with Crippen LogP contribution in [-0.4, -0.2) is 92.4 Å². The molecule has 5 aliphatic rings. The molecule has 11 heteroatoms. The van der Waals surface area contributed by atoms with E-state index in [1.165, 1.54) is 15.8 Å². The minimum absolute atomic E-state index is 0.104. The zero-order chi connectivity index (χ0) is 30.6. The molecule has 1 unspecified atom stereocenters. The minimum Gasteiger partial charge on any atom is -0.349 e. The number of halogens is 1. The minimum atomic E-state index is -2.01. The highest BCUT2D eigenvalue weighted by Gasteiger charge is 2.72. The van der Waals surface area contributed by atoms with Gasteiger partial charge in [0, 0.05) is 36.0 Å². The highest BCUT2D eigenvalue weighted by molar-refractivity contribution is 9.10. The van der Waals surface area contributed by atoms with Crippen molar-refractivity contribution in [2.24, 2.45) is 17.8 Å². The number of nitrogens with zero attached hydrogens (tertiary/aromatic N) is 3. The van der Waals surface area contributed by atoms with Gasteiger partial charge < -0.3 is 20.3 Å². The number of nitrogens with one attached hydrogen (secondary N) is 2. The molecule has 1 aromatic carbocycles. The van der Waals surface area contributed by atoms with Crippen LogP contribution in [0.2, 0.25) is 0 Å². The van der Waals surface area contributed by atoms with Gasteiger partial charge in [0.25, 0.3) is 11.8 Å². The third kappa shape index (κ3) is 4.04. The predicted molar refractivity (Wildman–Crippen MR) is 164 cm³/mol. The zero-order valence-electron chi connectivity index (χ0n) is 25.3. The lowest BCUT2D eigenvalue weighted by molar-refractivity contribution is -0.322. The predicted octanol–water partition coefficient (Wildman–Crippen LogP) is 3.19. The number of piperazine rings is 1. The maximum Gasteiger partial charge on any atom is 0.281 e. The molecule has 0 bridgehead atoms. The van der Waals surface area contributed by atoms with Crippen LogP contribution in [-0.2, 0) is 25.5 Å². The molecule has 4 aliphatic heterocycles. The van der Waals surface area contributed by atoms with Crippen LogP contribution in [0.15, 0.2) is 28.9 Å². The summed E-state index contributed by atoms with van der Waals surface area (Å²) in [5, 5.41) is 16.3. The molecule has 0 saturated carbocycles. The summed E-state index contributed by atoms with van der Waals surface area (Å²) in [6, 6.07) is 4.76. The highest BCUT2D eigenvalue weighted by Crippen LogP contribution is 2.49. The number of carbonyl (C=O) groups is 3. The SMILES string of the molecule is CC(C)CC1C(=O)N2CCC[C@H]2[C@]2(O)O[C@](NC(=O)[C@@H]3C=C4c5cccc6[nH]c(Br)c(c56)C[C@@H]4N(C)C3)(C(C)C)C(=O)N12. The average molecular weight is 655 g/mol. The normalized spacial score (nSPS) is 33.7. The molecule has 230 valence electrons. The molecule has 3 amide bonds. The molecular weight excluding hydrogens is 614 g/mol. The molecule has 3 fully saturated rings. The van der Waals surface area contributed by atoms with Gasteiger partial charge in [0.2, 0.25) is 17.5 Å². The van der Waals surface area contributed by atoms with Crippen LogP contribution in [0.5, 0.6) is 0 Å². The van der Waals surface area contributed by atoms with E-state index in [4.69, 9.17) is 4.74 Å². The Labute approximate surface area is 259 Å². The van der Waals surface area contributed by atoms with Crippen molar-refractivity contribution in [3.8, 4) is 0 Å². The summed E-state index contributed by atoms with van der Waals surface area (Å²) in [6.45, 7) is 8.57. The van der Waals surface area contributed by atoms with Crippen molar-refractivity contribution in [1.29, 1.82) is 0 Å². The second-order valence-electron chi connectivity index (χ2n) is 13.7. The van der Waals surface area contributed by atoms with Crippen LogP contribution in [0.4, 0.5) is 0 Å². The van der Waals surface area contributed by atoms with Gasteiger partial charge in [-0.2, -0.15) is 0 Å². The monoisotopic (exact) mass is 653 g/mol. The fourth-order valence-corrected chi connectivity index (χ4v) is 8.72. The summed E-state index contributed by atoms with van der Waals surface area (Å²) in [5.74, 6) is -4.01. The Balaban J connectivity index is 1.25. The molecule has 6 atom stereocenters. The van der Waals surface area contributed by atoms with E-state index in [-0.39, 0.29) is 23.8 Å². The summed E-state index contributed by atoms with van der Waals surface area (Å²) >= 11 is 3.70. The Morgan fingerprint density at radius 2 is 2.02 bits per heavy atom. The number of H-pyrrole nitrogens is 1. The van der Waals surface area contributed by atoms with E-state index in [1.54, 1.807) is 18.7 Å². The molecule has 3 N–H and O–H groups in total. The lowest BCUT2D eigenvalue weighted by atomic mass is 9.79. The molecule has 2 aromatic rings. The fourth-order valence-electron chi connectivity index (χ4n) is 8.15. The van der Waals surface area contributed by atoms with E-state index < -0.39 is 41.5 Å². The van der Waals surface area contributed by atoms with Gasteiger partial charge in [0.15, 0.2) is 0 Å². The number of likely N-dealkylation sites (N-methyl/N-ethyl adjacent to an activating group) is 1. The molecule has 10 nitrogen and oxygen atoms in total. The molecule has 0 radical (unpaired) electrons. The van der Waals surface area contributed by atoms with Crippen LogP contribution < -0.4 is 5.32 Å². The number of aromatic nitrogens is 1. The van der Waals surface area contributed by atoms with Gasteiger partial charge in [-0.25, -0.2) is 0 Å². The van der Waals surface area contributed by atoms with Crippen molar-refractivity contribution in [2.75, 3.05) is 20.1 Å². The number of benzene rings is 1. The molecule has 0 spiro atoms. The van der Waals surface area contributed by atoms with Crippen LogP contribution >= 0.6 is 15.9 Å². The third-order valence-corrected chi connectivity index (χ3v) is 10.9. The highest BCUT2D eigenvalue weighted by atomic mass is 79.9.